The van der Waals surface area contributed by atoms with Gasteiger partial charge in [-0.15, -0.1) is 0 Å². The quantitative estimate of drug-likeness (QED) is 0.623. The van der Waals surface area contributed by atoms with Crippen molar-refractivity contribution in [3.63, 3.8) is 0 Å². The van der Waals surface area contributed by atoms with Gasteiger partial charge in [0.2, 0.25) is 5.91 Å². The van der Waals surface area contributed by atoms with Crippen LogP contribution in [0.3, 0.4) is 0 Å². The Bertz CT molecular complexity index is 909. The minimum atomic E-state index is -0.889. The summed E-state index contributed by atoms with van der Waals surface area (Å²) < 4.78 is 27.6. The summed E-state index contributed by atoms with van der Waals surface area (Å²) in [6, 6.07) is 8.86. The van der Waals surface area contributed by atoms with Gasteiger partial charge in [-0.05, 0) is 81.4 Å². The summed E-state index contributed by atoms with van der Waals surface area (Å²) in [6.45, 7) is 5.28. The van der Waals surface area contributed by atoms with E-state index in [9.17, 15) is 13.6 Å². The summed E-state index contributed by atoms with van der Waals surface area (Å²) in [6.07, 6.45) is 1.36. The molecule has 7 heteroatoms. The van der Waals surface area contributed by atoms with Gasteiger partial charge < -0.3 is 10.2 Å². The lowest BCUT2D eigenvalue weighted by Crippen LogP contribution is -2.50. The van der Waals surface area contributed by atoms with Crippen molar-refractivity contribution in [2.75, 3.05) is 20.1 Å². The third-order valence-corrected chi connectivity index (χ3v) is 6.78. The fourth-order valence-electron chi connectivity index (χ4n) is 4.29. The first-order valence-corrected chi connectivity index (χ1v) is 10.8. The molecule has 1 aliphatic rings. The lowest BCUT2D eigenvalue weighted by Gasteiger charge is -2.45. The molecule has 30 heavy (non-hydrogen) atoms. The Hall–Kier alpha value is -1.69. The third kappa shape index (κ3) is 4.79. The van der Waals surface area contributed by atoms with E-state index in [0.717, 1.165) is 24.7 Å². The van der Waals surface area contributed by atoms with Gasteiger partial charge in [0.05, 0.1) is 6.04 Å². The van der Waals surface area contributed by atoms with Crippen molar-refractivity contribution >= 4 is 29.1 Å². The number of piperidine rings is 1. The van der Waals surface area contributed by atoms with E-state index in [1.807, 2.05) is 20.9 Å². The summed E-state index contributed by atoms with van der Waals surface area (Å²) in [5.41, 5.74) is 0.894. The van der Waals surface area contributed by atoms with Crippen molar-refractivity contribution in [3.05, 3.63) is 69.2 Å². The number of likely N-dealkylation sites (tertiary alicyclic amines) is 1. The second-order valence-electron chi connectivity index (χ2n) is 8.24. The molecule has 2 unspecified atom stereocenters. The Labute approximate surface area is 186 Å². The van der Waals surface area contributed by atoms with Crippen LogP contribution in [0.15, 0.2) is 36.4 Å². The summed E-state index contributed by atoms with van der Waals surface area (Å²) in [4.78, 5) is 15.4. The van der Waals surface area contributed by atoms with Crippen molar-refractivity contribution in [1.82, 2.24) is 10.2 Å². The van der Waals surface area contributed by atoms with Crippen LogP contribution in [0.1, 0.15) is 43.9 Å². The van der Waals surface area contributed by atoms with Crippen LogP contribution in [0.5, 0.6) is 0 Å². The topological polar surface area (TPSA) is 32.3 Å². The molecule has 1 N–H and O–H groups in total. The molecular formula is C23H26Cl2F2N2O. The third-order valence-electron chi connectivity index (χ3n) is 6.34. The number of amides is 1. The average molecular weight is 455 g/mol. The smallest absolute Gasteiger partial charge is 0.224 e. The highest BCUT2D eigenvalue weighted by Crippen LogP contribution is 2.42. The molecule has 1 saturated heterocycles. The van der Waals surface area contributed by atoms with E-state index in [2.05, 4.69) is 10.2 Å². The van der Waals surface area contributed by atoms with Crippen LogP contribution >= 0.6 is 23.2 Å². The minimum absolute atomic E-state index is 0.145. The number of halogens is 4. The summed E-state index contributed by atoms with van der Waals surface area (Å²) in [5.74, 6) is -2.35. The van der Waals surface area contributed by atoms with E-state index in [-0.39, 0.29) is 11.9 Å². The summed E-state index contributed by atoms with van der Waals surface area (Å²) >= 11 is 12.2. The van der Waals surface area contributed by atoms with Crippen molar-refractivity contribution in [2.24, 2.45) is 5.92 Å². The van der Waals surface area contributed by atoms with Gasteiger partial charge in [-0.25, -0.2) is 8.78 Å². The molecule has 3 nitrogen and oxygen atoms in total. The molecule has 2 aromatic rings. The normalized spacial score (nSPS) is 18.6. The fourth-order valence-corrected chi connectivity index (χ4v) is 4.84. The van der Waals surface area contributed by atoms with Gasteiger partial charge >= 0.3 is 0 Å². The summed E-state index contributed by atoms with van der Waals surface area (Å²) in [7, 11) is 2.02. The van der Waals surface area contributed by atoms with Crippen LogP contribution in [-0.2, 0) is 10.2 Å². The molecule has 0 radical (unpaired) electrons. The second kappa shape index (κ2) is 9.21. The Morgan fingerprint density at radius 3 is 2.20 bits per heavy atom. The van der Waals surface area contributed by atoms with Crippen molar-refractivity contribution < 1.29 is 13.6 Å². The van der Waals surface area contributed by atoms with Gasteiger partial charge in [0.1, 0.15) is 0 Å². The second-order valence-corrected chi connectivity index (χ2v) is 9.12. The minimum Gasteiger partial charge on any atom is -0.349 e. The van der Waals surface area contributed by atoms with E-state index in [0.29, 0.717) is 28.5 Å². The van der Waals surface area contributed by atoms with Gasteiger partial charge in [0.25, 0.3) is 0 Å². The van der Waals surface area contributed by atoms with E-state index >= 15 is 0 Å². The highest BCUT2D eigenvalue weighted by atomic mass is 35.5. The van der Waals surface area contributed by atoms with Gasteiger partial charge in [0.15, 0.2) is 11.6 Å². The zero-order valence-corrected chi connectivity index (χ0v) is 18.8. The first-order chi connectivity index (χ1) is 14.1. The standard InChI is InChI=1S/C23H26Cl2F2N2O/c1-14(22(30)28-15(2)16-10-18(24)13-19(25)11-16)23(6-8-29(3)9-7-23)17-4-5-20(26)21(27)12-17/h4-5,10-15H,6-9H2,1-3H3,(H,28,30). The number of nitrogens with zero attached hydrogens (tertiary/aromatic N) is 1. The van der Waals surface area contributed by atoms with E-state index < -0.39 is 23.0 Å². The Kier molecular flexibility index (Phi) is 7.05. The highest BCUT2D eigenvalue weighted by Gasteiger charge is 2.44. The number of benzene rings is 2. The van der Waals surface area contributed by atoms with E-state index in [4.69, 9.17) is 23.2 Å². The first kappa shape index (κ1) is 23.0. The average Bonchev–Trinajstić information content (AvgIpc) is 2.69. The predicted octanol–water partition coefficient (Wildman–Crippen LogP) is 5.75. The lowest BCUT2D eigenvalue weighted by molar-refractivity contribution is -0.128. The molecule has 0 aromatic heterocycles. The number of hydrogen-bond acceptors (Lipinski definition) is 2. The lowest BCUT2D eigenvalue weighted by atomic mass is 9.64. The molecule has 2 atom stereocenters. The highest BCUT2D eigenvalue weighted by molar-refractivity contribution is 6.34. The van der Waals surface area contributed by atoms with Gasteiger partial charge in [-0.1, -0.05) is 36.2 Å². The van der Waals surface area contributed by atoms with E-state index in [1.54, 1.807) is 24.3 Å². The molecule has 3 rings (SSSR count). The maximum Gasteiger partial charge on any atom is 0.224 e. The fraction of sp³-hybridized carbons (Fsp3) is 0.435. The van der Waals surface area contributed by atoms with Crippen LogP contribution in [-0.4, -0.2) is 30.9 Å². The number of rotatable bonds is 5. The zero-order chi connectivity index (χ0) is 22.1. The first-order valence-electron chi connectivity index (χ1n) is 10.0. The zero-order valence-electron chi connectivity index (χ0n) is 17.3. The number of carbonyl (C=O) groups excluding carboxylic acids is 1. The Morgan fingerprint density at radius 2 is 1.63 bits per heavy atom. The molecule has 0 saturated carbocycles. The van der Waals surface area contributed by atoms with Gasteiger partial charge in [0, 0.05) is 21.4 Å². The molecule has 1 amide bonds. The molecule has 0 bridgehead atoms. The number of nitrogens with one attached hydrogen (secondary N) is 1. The maximum atomic E-state index is 14.0. The molecular weight excluding hydrogens is 429 g/mol. The number of carbonyl (C=O) groups is 1. The Balaban J connectivity index is 1.87. The van der Waals surface area contributed by atoms with Crippen LogP contribution in [0.4, 0.5) is 8.78 Å². The molecule has 1 aliphatic heterocycles. The molecule has 1 fully saturated rings. The van der Waals surface area contributed by atoms with Crippen LogP contribution < -0.4 is 5.32 Å². The van der Waals surface area contributed by atoms with Crippen molar-refractivity contribution in [1.29, 1.82) is 0 Å². The number of hydrogen-bond donors (Lipinski definition) is 1. The van der Waals surface area contributed by atoms with Gasteiger partial charge in [-0.2, -0.15) is 0 Å². The monoisotopic (exact) mass is 454 g/mol. The Morgan fingerprint density at radius 1 is 1.03 bits per heavy atom. The van der Waals surface area contributed by atoms with Crippen molar-refractivity contribution in [3.8, 4) is 0 Å². The van der Waals surface area contributed by atoms with Crippen molar-refractivity contribution in [2.45, 2.75) is 38.1 Å². The van der Waals surface area contributed by atoms with Crippen LogP contribution in [0.2, 0.25) is 10.0 Å². The predicted molar refractivity (Wildman–Crippen MR) is 117 cm³/mol. The van der Waals surface area contributed by atoms with Crippen LogP contribution in [0.25, 0.3) is 0 Å². The van der Waals surface area contributed by atoms with Gasteiger partial charge in [-0.3, -0.25) is 4.79 Å². The molecule has 0 spiro atoms. The maximum absolute atomic E-state index is 14.0. The molecule has 0 aliphatic carbocycles. The molecule has 1 heterocycles. The summed E-state index contributed by atoms with van der Waals surface area (Å²) in [5, 5.41) is 4.04. The largest absolute Gasteiger partial charge is 0.349 e. The molecule has 2 aromatic carbocycles. The SMILES string of the molecule is CC(NC(=O)C(C)C1(c2ccc(F)c(F)c2)CCN(C)CC1)c1cc(Cl)cc(Cl)c1. The van der Waals surface area contributed by atoms with E-state index in [1.165, 1.54) is 6.07 Å². The molecule has 162 valence electrons. The van der Waals surface area contributed by atoms with Crippen LogP contribution in [0, 0.1) is 17.6 Å².